The third-order valence-corrected chi connectivity index (χ3v) is 5.28. The third kappa shape index (κ3) is 5.15. The summed E-state index contributed by atoms with van der Waals surface area (Å²) in [6.45, 7) is 6.97. The minimum absolute atomic E-state index is 0.000310. The molecule has 29 heavy (non-hydrogen) atoms. The molecule has 3 rings (SSSR count). The molecule has 0 aromatic heterocycles. The number of amides is 2. The standard InChI is InChI=1S/C23H29N3O3/c1-23(2,18-7-5-4-6-8-18)22(28)25(3)17-21(27)24-19-9-11-20(12-10-19)26-13-15-29-16-14-26/h4-12H,13-17H2,1-3H3,(H,24,27). The van der Waals surface area contributed by atoms with Gasteiger partial charge in [0.2, 0.25) is 11.8 Å². The zero-order chi connectivity index (χ0) is 20.9. The van der Waals surface area contributed by atoms with Gasteiger partial charge >= 0.3 is 0 Å². The van der Waals surface area contributed by atoms with E-state index < -0.39 is 5.41 Å². The van der Waals surface area contributed by atoms with Crippen LogP contribution in [0.1, 0.15) is 19.4 Å². The molecule has 1 aliphatic heterocycles. The molecule has 1 N–H and O–H groups in total. The van der Waals surface area contributed by atoms with Crippen LogP contribution in [0.3, 0.4) is 0 Å². The van der Waals surface area contributed by atoms with E-state index in [1.54, 1.807) is 7.05 Å². The Hall–Kier alpha value is -2.86. The molecule has 0 saturated carbocycles. The lowest BCUT2D eigenvalue weighted by Crippen LogP contribution is -2.44. The summed E-state index contributed by atoms with van der Waals surface area (Å²) in [4.78, 5) is 29.1. The molecule has 0 bridgehead atoms. The fourth-order valence-corrected chi connectivity index (χ4v) is 3.52. The number of carbonyl (C=O) groups excluding carboxylic acids is 2. The van der Waals surface area contributed by atoms with E-state index in [0.29, 0.717) is 0 Å². The molecule has 6 heteroatoms. The van der Waals surface area contributed by atoms with Crippen LogP contribution >= 0.6 is 0 Å². The predicted molar refractivity (Wildman–Crippen MR) is 115 cm³/mol. The van der Waals surface area contributed by atoms with Crippen LogP contribution in [-0.2, 0) is 19.7 Å². The number of ether oxygens (including phenoxy) is 1. The van der Waals surface area contributed by atoms with E-state index in [4.69, 9.17) is 4.74 Å². The molecule has 1 fully saturated rings. The van der Waals surface area contributed by atoms with Crippen LogP contribution in [-0.4, -0.2) is 56.6 Å². The Morgan fingerprint density at radius 3 is 2.28 bits per heavy atom. The van der Waals surface area contributed by atoms with E-state index >= 15 is 0 Å². The van der Waals surface area contributed by atoms with Gasteiger partial charge in [-0.2, -0.15) is 0 Å². The van der Waals surface area contributed by atoms with Crippen molar-refractivity contribution in [2.75, 3.05) is 50.1 Å². The number of anilines is 2. The van der Waals surface area contributed by atoms with Crippen molar-refractivity contribution < 1.29 is 14.3 Å². The molecule has 2 aromatic carbocycles. The van der Waals surface area contributed by atoms with Crippen molar-refractivity contribution in [3.63, 3.8) is 0 Å². The van der Waals surface area contributed by atoms with E-state index in [0.717, 1.165) is 43.2 Å². The highest BCUT2D eigenvalue weighted by atomic mass is 16.5. The molecule has 2 amide bonds. The predicted octanol–water partition coefficient (Wildman–Crippen LogP) is 2.90. The Kier molecular flexibility index (Phi) is 6.54. The van der Waals surface area contributed by atoms with Gasteiger partial charge in [0.25, 0.3) is 0 Å². The molecule has 0 unspecified atom stereocenters. The van der Waals surface area contributed by atoms with Crippen molar-refractivity contribution in [1.82, 2.24) is 4.90 Å². The van der Waals surface area contributed by atoms with Gasteiger partial charge in [-0.15, -0.1) is 0 Å². The monoisotopic (exact) mass is 395 g/mol. The summed E-state index contributed by atoms with van der Waals surface area (Å²) in [5.74, 6) is -0.314. The highest BCUT2D eigenvalue weighted by Gasteiger charge is 2.32. The summed E-state index contributed by atoms with van der Waals surface area (Å²) in [6, 6.07) is 17.4. The first-order valence-corrected chi connectivity index (χ1v) is 9.91. The van der Waals surface area contributed by atoms with Gasteiger partial charge in [-0.05, 0) is 43.7 Å². The first-order valence-electron chi connectivity index (χ1n) is 9.91. The summed E-state index contributed by atoms with van der Waals surface area (Å²) >= 11 is 0. The Morgan fingerprint density at radius 2 is 1.66 bits per heavy atom. The zero-order valence-corrected chi connectivity index (χ0v) is 17.4. The average Bonchev–Trinajstić information content (AvgIpc) is 2.75. The van der Waals surface area contributed by atoms with E-state index in [9.17, 15) is 9.59 Å². The Labute approximate surface area is 172 Å². The average molecular weight is 396 g/mol. The van der Waals surface area contributed by atoms with Crippen LogP contribution in [0.4, 0.5) is 11.4 Å². The third-order valence-electron chi connectivity index (χ3n) is 5.28. The fraction of sp³-hybridized carbons (Fsp3) is 0.391. The number of carbonyl (C=O) groups is 2. The SMILES string of the molecule is CN(CC(=O)Nc1ccc(N2CCOCC2)cc1)C(=O)C(C)(C)c1ccccc1. The van der Waals surface area contributed by atoms with Crippen LogP contribution in [0, 0.1) is 0 Å². The molecule has 154 valence electrons. The maximum Gasteiger partial charge on any atom is 0.243 e. The molecule has 0 spiro atoms. The number of likely N-dealkylation sites (N-methyl/N-ethyl adjacent to an activating group) is 1. The molecule has 1 aliphatic rings. The molecule has 1 heterocycles. The topological polar surface area (TPSA) is 61.9 Å². The second-order valence-corrected chi connectivity index (χ2v) is 7.85. The highest BCUT2D eigenvalue weighted by Crippen LogP contribution is 2.25. The molecule has 0 atom stereocenters. The number of morpholine rings is 1. The number of benzene rings is 2. The van der Waals surface area contributed by atoms with Gasteiger partial charge in [-0.1, -0.05) is 30.3 Å². The number of nitrogens with zero attached hydrogens (tertiary/aromatic N) is 2. The smallest absolute Gasteiger partial charge is 0.243 e. The second-order valence-electron chi connectivity index (χ2n) is 7.85. The van der Waals surface area contributed by atoms with Crippen LogP contribution in [0.25, 0.3) is 0 Å². The lowest BCUT2D eigenvalue weighted by molar-refractivity contribution is -0.137. The van der Waals surface area contributed by atoms with Crippen LogP contribution < -0.4 is 10.2 Å². The van der Waals surface area contributed by atoms with Crippen LogP contribution in [0.5, 0.6) is 0 Å². The van der Waals surface area contributed by atoms with Crippen molar-refractivity contribution in [3.05, 3.63) is 60.2 Å². The molecule has 0 radical (unpaired) electrons. The Bertz CT molecular complexity index is 828. The first-order chi connectivity index (χ1) is 13.9. The summed E-state index contributed by atoms with van der Waals surface area (Å²) < 4.78 is 5.37. The maximum absolute atomic E-state index is 12.9. The van der Waals surface area contributed by atoms with Crippen LogP contribution in [0.15, 0.2) is 54.6 Å². The van der Waals surface area contributed by atoms with Crippen molar-refractivity contribution in [2.24, 2.45) is 0 Å². The van der Waals surface area contributed by atoms with E-state index in [1.165, 1.54) is 4.90 Å². The summed E-state index contributed by atoms with van der Waals surface area (Å²) in [5.41, 5.74) is 2.06. The molecule has 6 nitrogen and oxygen atoms in total. The minimum atomic E-state index is -0.698. The first kappa shape index (κ1) is 20.9. The van der Waals surface area contributed by atoms with Gasteiger partial charge in [0.15, 0.2) is 0 Å². The maximum atomic E-state index is 12.9. The number of hydrogen-bond acceptors (Lipinski definition) is 4. The lowest BCUT2D eigenvalue weighted by atomic mass is 9.83. The molecule has 1 saturated heterocycles. The fourth-order valence-electron chi connectivity index (χ4n) is 3.52. The highest BCUT2D eigenvalue weighted by molar-refractivity contribution is 5.96. The largest absolute Gasteiger partial charge is 0.378 e. The van der Waals surface area contributed by atoms with Gasteiger partial charge in [-0.25, -0.2) is 0 Å². The number of rotatable bonds is 6. The Morgan fingerprint density at radius 1 is 1.03 bits per heavy atom. The van der Waals surface area contributed by atoms with Gasteiger partial charge in [-0.3, -0.25) is 9.59 Å². The van der Waals surface area contributed by atoms with Gasteiger partial charge in [0.1, 0.15) is 0 Å². The van der Waals surface area contributed by atoms with E-state index in [1.807, 2.05) is 68.4 Å². The Balaban J connectivity index is 1.56. The van der Waals surface area contributed by atoms with Gasteiger partial charge < -0.3 is 19.9 Å². The summed E-state index contributed by atoms with van der Waals surface area (Å²) in [6.07, 6.45) is 0. The molecule has 0 aliphatic carbocycles. The van der Waals surface area contributed by atoms with Gasteiger partial charge in [0.05, 0.1) is 25.2 Å². The lowest BCUT2D eigenvalue weighted by Gasteiger charge is -2.29. The van der Waals surface area contributed by atoms with Crippen LogP contribution in [0.2, 0.25) is 0 Å². The normalized spacial score (nSPS) is 14.4. The van der Waals surface area contributed by atoms with E-state index in [-0.39, 0.29) is 18.4 Å². The van der Waals surface area contributed by atoms with Crippen molar-refractivity contribution in [1.29, 1.82) is 0 Å². The molecular formula is C23H29N3O3. The zero-order valence-electron chi connectivity index (χ0n) is 17.4. The number of nitrogens with one attached hydrogen (secondary N) is 1. The minimum Gasteiger partial charge on any atom is -0.378 e. The molecule has 2 aromatic rings. The summed E-state index contributed by atoms with van der Waals surface area (Å²) in [7, 11) is 1.66. The van der Waals surface area contributed by atoms with Crippen molar-refractivity contribution >= 4 is 23.2 Å². The quantitative estimate of drug-likeness (QED) is 0.817. The van der Waals surface area contributed by atoms with E-state index in [2.05, 4.69) is 10.2 Å². The van der Waals surface area contributed by atoms with Gasteiger partial charge in [0, 0.05) is 31.5 Å². The molecular weight excluding hydrogens is 366 g/mol. The van der Waals surface area contributed by atoms with Crippen molar-refractivity contribution in [3.8, 4) is 0 Å². The van der Waals surface area contributed by atoms with Crippen molar-refractivity contribution in [2.45, 2.75) is 19.3 Å². The number of hydrogen-bond donors (Lipinski definition) is 1. The summed E-state index contributed by atoms with van der Waals surface area (Å²) in [5, 5.41) is 2.87. The second kappa shape index (κ2) is 9.09.